The van der Waals surface area contributed by atoms with Crippen molar-refractivity contribution in [2.45, 2.75) is 26.5 Å². The Morgan fingerprint density at radius 2 is 1.90 bits per heavy atom. The van der Waals surface area contributed by atoms with Gasteiger partial charge in [-0.05, 0) is 35.4 Å². The SMILES string of the molecule is CCC(=O)NCc1ccc(OCc2cccc(F)c2)cc1. The predicted molar refractivity (Wildman–Crippen MR) is 79.3 cm³/mol. The molecule has 0 aromatic heterocycles. The van der Waals surface area contributed by atoms with E-state index < -0.39 is 0 Å². The smallest absolute Gasteiger partial charge is 0.219 e. The maximum Gasteiger partial charge on any atom is 0.219 e. The Hall–Kier alpha value is -2.36. The molecule has 3 nitrogen and oxygen atoms in total. The van der Waals surface area contributed by atoms with Crippen LogP contribution >= 0.6 is 0 Å². The van der Waals surface area contributed by atoms with Gasteiger partial charge in [0.2, 0.25) is 5.91 Å². The maximum absolute atomic E-state index is 13.0. The van der Waals surface area contributed by atoms with Crippen LogP contribution in [0.25, 0.3) is 0 Å². The second-order valence-corrected chi connectivity index (χ2v) is 4.69. The highest BCUT2D eigenvalue weighted by molar-refractivity contribution is 5.75. The molecule has 0 spiro atoms. The predicted octanol–water partition coefficient (Wildman–Crippen LogP) is 3.43. The van der Waals surface area contributed by atoms with Gasteiger partial charge in [0.05, 0.1) is 0 Å². The molecule has 1 N–H and O–H groups in total. The zero-order chi connectivity index (χ0) is 15.1. The molecule has 0 aliphatic carbocycles. The number of carbonyl (C=O) groups is 1. The molecule has 0 fully saturated rings. The molecule has 21 heavy (non-hydrogen) atoms. The van der Waals surface area contributed by atoms with Crippen molar-refractivity contribution in [2.24, 2.45) is 0 Å². The van der Waals surface area contributed by atoms with Crippen LogP contribution in [0.15, 0.2) is 48.5 Å². The maximum atomic E-state index is 13.0. The van der Waals surface area contributed by atoms with Crippen molar-refractivity contribution in [1.82, 2.24) is 5.32 Å². The summed E-state index contributed by atoms with van der Waals surface area (Å²) in [6.45, 7) is 2.65. The molecular weight excluding hydrogens is 269 g/mol. The van der Waals surface area contributed by atoms with Gasteiger partial charge in [-0.3, -0.25) is 4.79 Å². The van der Waals surface area contributed by atoms with Crippen LogP contribution < -0.4 is 10.1 Å². The lowest BCUT2D eigenvalue weighted by Crippen LogP contribution is -2.21. The van der Waals surface area contributed by atoms with Gasteiger partial charge in [0.1, 0.15) is 18.2 Å². The molecule has 1 amide bonds. The largest absolute Gasteiger partial charge is 0.489 e. The highest BCUT2D eigenvalue weighted by Gasteiger charge is 2.00. The van der Waals surface area contributed by atoms with E-state index in [0.717, 1.165) is 11.1 Å². The fourth-order valence-corrected chi connectivity index (χ4v) is 1.82. The monoisotopic (exact) mass is 287 g/mol. The minimum atomic E-state index is -0.266. The minimum absolute atomic E-state index is 0.0291. The van der Waals surface area contributed by atoms with Gasteiger partial charge in [-0.1, -0.05) is 31.2 Å². The zero-order valence-electron chi connectivity index (χ0n) is 11.9. The summed E-state index contributed by atoms with van der Waals surface area (Å²) in [6, 6.07) is 13.8. The van der Waals surface area contributed by atoms with Crippen LogP contribution in [0.3, 0.4) is 0 Å². The average Bonchev–Trinajstić information content (AvgIpc) is 2.51. The summed E-state index contributed by atoms with van der Waals surface area (Å²) < 4.78 is 18.6. The summed E-state index contributed by atoms with van der Waals surface area (Å²) in [5, 5.41) is 2.81. The Bertz CT molecular complexity index is 596. The van der Waals surface area contributed by atoms with Crippen molar-refractivity contribution in [3.63, 3.8) is 0 Å². The number of halogens is 1. The molecule has 0 unspecified atom stereocenters. The second-order valence-electron chi connectivity index (χ2n) is 4.69. The zero-order valence-corrected chi connectivity index (χ0v) is 11.9. The fraction of sp³-hybridized carbons (Fsp3) is 0.235. The molecule has 2 aromatic rings. The van der Waals surface area contributed by atoms with E-state index in [0.29, 0.717) is 25.3 Å². The van der Waals surface area contributed by atoms with Crippen molar-refractivity contribution < 1.29 is 13.9 Å². The molecule has 2 rings (SSSR count). The fourth-order valence-electron chi connectivity index (χ4n) is 1.82. The third-order valence-corrected chi connectivity index (χ3v) is 3.03. The number of hydrogen-bond acceptors (Lipinski definition) is 2. The van der Waals surface area contributed by atoms with Crippen molar-refractivity contribution in [3.8, 4) is 5.75 Å². The molecule has 0 atom stereocenters. The van der Waals surface area contributed by atoms with Gasteiger partial charge < -0.3 is 10.1 Å². The highest BCUT2D eigenvalue weighted by atomic mass is 19.1. The topological polar surface area (TPSA) is 38.3 Å². The van der Waals surface area contributed by atoms with Crippen molar-refractivity contribution in [3.05, 3.63) is 65.5 Å². The molecular formula is C17H18FNO2. The van der Waals surface area contributed by atoms with Crippen LogP contribution in [0.4, 0.5) is 4.39 Å². The van der Waals surface area contributed by atoms with Gasteiger partial charge in [-0.15, -0.1) is 0 Å². The Balaban J connectivity index is 1.86. The van der Waals surface area contributed by atoms with E-state index in [1.54, 1.807) is 6.07 Å². The molecule has 110 valence electrons. The van der Waals surface area contributed by atoms with Crippen LogP contribution in [0, 0.1) is 5.82 Å². The lowest BCUT2D eigenvalue weighted by Gasteiger charge is -2.08. The Morgan fingerprint density at radius 1 is 1.14 bits per heavy atom. The minimum Gasteiger partial charge on any atom is -0.489 e. The van der Waals surface area contributed by atoms with E-state index in [1.807, 2.05) is 37.3 Å². The van der Waals surface area contributed by atoms with Crippen LogP contribution in [-0.2, 0) is 17.9 Å². The van der Waals surface area contributed by atoms with Gasteiger partial charge in [0.25, 0.3) is 0 Å². The van der Waals surface area contributed by atoms with Gasteiger partial charge in [-0.25, -0.2) is 4.39 Å². The van der Waals surface area contributed by atoms with E-state index in [9.17, 15) is 9.18 Å². The normalized spacial score (nSPS) is 10.2. The molecule has 0 saturated heterocycles. The van der Waals surface area contributed by atoms with Crippen LogP contribution in [0.2, 0.25) is 0 Å². The van der Waals surface area contributed by atoms with Crippen LogP contribution in [0.5, 0.6) is 5.75 Å². The van der Waals surface area contributed by atoms with Crippen molar-refractivity contribution >= 4 is 5.91 Å². The van der Waals surface area contributed by atoms with Crippen molar-refractivity contribution in [1.29, 1.82) is 0 Å². The highest BCUT2D eigenvalue weighted by Crippen LogP contribution is 2.14. The van der Waals surface area contributed by atoms with Crippen LogP contribution in [0.1, 0.15) is 24.5 Å². The number of nitrogens with one attached hydrogen (secondary N) is 1. The number of hydrogen-bond donors (Lipinski definition) is 1. The number of rotatable bonds is 6. The Kier molecular flexibility index (Phi) is 5.32. The van der Waals surface area contributed by atoms with Crippen molar-refractivity contribution in [2.75, 3.05) is 0 Å². The quantitative estimate of drug-likeness (QED) is 0.884. The molecule has 2 aromatic carbocycles. The molecule has 4 heteroatoms. The third-order valence-electron chi connectivity index (χ3n) is 3.03. The van der Waals surface area contributed by atoms with Crippen LogP contribution in [-0.4, -0.2) is 5.91 Å². The summed E-state index contributed by atoms with van der Waals surface area (Å²) in [6.07, 6.45) is 0.481. The summed E-state index contributed by atoms with van der Waals surface area (Å²) >= 11 is 0. The van der Waals surface area contributed by atoms with E-state index in [1.165, 1.54) is 12.1 Å². The molecule has 0 aliphatic heterocycles. The first-order chi connectivity index (χ1) is 10.2. The van der Waals surface area contributed by atoms with E-state index >= 15 is 0 Å². The third kappa shape index (κ3) is 4.91. The summed E-state index contributed by atoms with van der Waals surface area (Å²) in [4.78, 5) is 11.2. The standard InChI is InChI=1S/C17H18FNO2/c1-2-17(20)19-11-13-6-8-16(9-7-13)21-12-14-4-3-5-15(18)10-14/h3-10H,2,11-12H2,1H3,(H,19,20). The summed E-state index contributed by atoms with van der Waals surface area (Å²) in [5.74, 6) is 0.476. The van der Waals surface area contributed by atoms with E-state index in [-0.39, 0.29) is 11.7 Å². The van der Waals surface area contributed by atoms with Gasteiger partial charge in [0.15, 0.2) is 0 Å². The molecule has 0 bridgehead atoms. The van der Waals surface area contributed by atoms with E-state index in [4.69, 9.17) is 4.74 Å². The number of amides is 1. The molecule has 0 heterocycles. The lowest BCUT2D eigenvalue weighted by atomic mass is 10.2. The first-order valence-corrected chi connectivity index (χ1v) is 6.90. The molecule has 0 aliphatic rings. The summed E-state index contributed by atoms with van der Waals surface area (Å²) in [5.41, 5.74) is 1.80. The average molecular weight is 287 g/mol. The number of carbonyl (C=O) groups excluding carboxylic acids is 1. The first kappa shape index (κ1) is 15.0. The lowest BCUT2D eigenvalue weighted by molar-refractivity contribution is -0.120. The number of ether oxygens (including phenoxy) is 1. The Morgan fingerprint density at radius 3 is 2.57 bits per heavy atom. The van der Waals surface area contributed by atoms with E-state index in [2.05, 4.69) is 5.32 Å². The first-order valence-electron chi connectivity index (χ1n) is 6.90. The summed E-state index contributed by atoms with van der Waals surface area (Å²) in [7, 11) is 0. The second kappa shape index (κ2) is 7.43. The number of benzene rings is 2. The van der Waals surface area contributed by atoms with Gasteiger partial charge in [0, 0.05) is 13.0 Å². The molecule has 0 radical (unpaired) electrons. The van der Waals surface area contributed by atoms with Gasteiger partial charge >= 0.3 is 0 Å². The molecule has 0 saturated carbocycles. The Labute approximate surface area is 123 Å². The van der Waals surface area contributed by atoms with Gasteiger partial charge in [-0.2, -0.15) is 0 Å².